The van der Waals surface area contributed by atoms with Crippen LogP contribution in [0.2, 0.25) is 0 Å². The third kappa shape index (κ3) is 1.80. The number of hydrogen-bond donors (Lipinski definition) is 0. The number of ketones is 1. The van der Waals surface area contributed by atoms with E-state index in [9.17, 15) is 9.59 Å². The minimum Gasteiger partial charge on any atom is -0.458 e. The van der Waals surface area contributed by atoms with Gasteiger partial charge in [-0.1, -0.05) is 24.6 Å². The molecule has 0 bridgehead atoms. The molecule has 3 nitrogen and oxygen atoms in total. The van der Waals surface area contributed by atoms with Crippen LogP contribution in [0.1, 0.15) is 65.2 Å². The van der Waals surface area contributed by atoms with E-state index in [4.69, 9.17) is 4.74 Å². The van der Waals surface area contributed by atoms with Gasteiger partial charge in [-0.3, -0.25) is 9.59 Å². The third-order valence-corrected chi connectivity index (χ3v) is 9.45. The Morgan fingerprint density at radius 3 is 2.63 bits per heavy atom. The summed E-state index contributed by atoms with van der Waals surface area (Å²) in [5.74, 6) is 1.31. The summed E-state index contributed by atoms with van der Waals surface area (Å²) in [6.07, 6.45) is 16.7. The van der Waals surface area contributed by atoms with Crippen LogP contribution in [0.5, 0.6) is 0 Å². The Morgan fingerprint density at radius 1 is 1.11 bits per heavy atom. The Kier molecular flexibility index (Phi) is 2.82. The van der Waals surface area contributed by atoms with E-state index >= 15 is 0 Å². The van der Waals surface area contributed by atoms with Crippen LogP contribution < -0.4 is 0 Å². The Balaban J connectivity index is 1.47. The molecule has 0 N–H and O–H groups in total. The molecular weight excluding hydrogens is 336 g/mol. The quantitative estimate of drug-likeness (QED) is 0.463. The first-order valence-corrected chi connectivity index (χ1v) is 10.7. The van der Waals surface area contributed by atoms with Crippen molar-refractivity contribution in [3.63, 3.8) is 0 Å². The first-order valence-electron chi connectivity index (χ1n) is 10.7. The molecule has 1 heterocycles. The summed E-state index contributed by atoms with van der Waals surface area (Å²) in [4.78, 5) is 24.1. The largest absolute Gasteiger partial charge is 0.458 e. The fourth-order valence-corrected chi connectivity index (χ4v) is 7.84. The van der Waals surface area contributed by atoms with Gasteiger partial charge in [0.15, 0.2) is 5.78 Å². The Hall–Kier alpha value is -1.64. The second-order valence-electron chi connectivity index (χ2n) is 10.5. The Morgan fingerprint density at radius 2 is 1.93 bits per heavy atom. The van der Waals surface area contributed by atoms with Gasteiger partial charge in [0.25, 0.3) is 0 Å². The molecule has 142 valence electrons. The van der Waals surface area contributed by atoms with Crippen molar-refractivity contribution in [3.8, 4) is 0 Å². The zero-order valence-electron chi connectivity index (χ0n) is 16.3. The van der Waals surface area contributed by atoms with Crippen LogP contribution in [0.4, 0.5) is 0 Å². The van der Waals surface area contributed by atoms with Gasteiger partial charge in [-0.2, -0.15) is 0 Å². The molecule has 3 saturated carbocycles. The lowest BCUT2D eigenvalue weighted by molar-refractivity contribution is -0.160. The molecule has 1 saturated heterocycles. The zero-order valence-corrected chi connectivity index (χ0v) is 16.3. The number of allylic oxidation sites excluding steroid dienone is 6. The second kappa shape index (κ2) is 4.67. The highest BCUT2D eigenvalue weighted by molar-refractivity contribution is 6.01. The van der Waals surface area contributed by atoms with E-state index < -0.39 is 0 Å². The van der Waals surface area contributed by atoms with Crippen molar-refractivity contribution >= 4 is 11.8 Å². The predicted molar refractivity (Wildman–Crippen MR) is 102 cm³/mol. The molecule has 3 heteroatoms. The molecule has 1 aliphatic heterocycles. The molecule has 6 rings (SSSR count). The lowest BCUT2D eigenvalue weighted by Crippen LogP contribution is -2.51. The fraction of sp³-hybridized carbons (Fsp3) is 0.667. The van der Waals surface area contributed by atoms with Crippen LogP contribution >= 0.6 is 0 Å². The number of carbonyl (C=O) groups is 2. The highest BCUT2D eigenvalue weighted by atomic mass is 16.6. The lowest BCUT2D eigenvalue weighted by Gasteiger charge is -2.56. The van der Waals surface area contributed by atoms with Crippen LogP contribution in [0.15, 0.2) is 35.5 Å². The summed E-state index contributed by atoms with van der Waals surface area (Å²) in [5.41, 5.74) is 2.92. The topological polar surface area (TPSA) is 43.4 Å². The number of fused-ring (bicyclic) bond motifs is 7. The number of hydrogen-bond acceptors (Lipinski definition) is 3. The van der Waals surface area contributed by atoms with Crippen molar-refractivity contribution in [2.45, 2.75) is 70.8 Å². The van der Waals surface area contributed by atoms with Gasteiger partial charge < -0.3 is 4.74 Å². The normalized spacial score (nSPS) is 48.7. The maximum Gasteiger partial charge on any atom is 0.306 e. The van der Waals surface area contributed by atoms with Crippen LogP contribution in [-0.2, 0) is 14.3 Å². The molecular formula is C24H28O3. The van der Waals surface area contributed by atoms with Crippen molar-refractivity contribution in [1.29, 1.82) is 0 Å². The van der Waals surface area contributed by atoms with Crippen molar-refractivity contribution in [1.82, 2.24) is 0 Å². The van der Waals surface area contributed by atoms with E-state index in [0.29, 0.717) is 18.3 Å². The molecule has 2 unspecified atom stereocenters. The lowest BCUT2D eigenvalue weighted by atomic mass is 9.49. The van der Waals surface area contributed by atoms with Gasteiger partial charge in [-0.25, -0.2) is 0 Å². The van der Waals surface area contributed by atoms with E-state index in [0.717, 1.165) is 19.3 Å². The molecule has 6 aliphatic rings. The summed E-state index contributed by atoms with van der Waals surface area (Å²) in [5, 5.41) is 0. The van der Waals surface area contributed by atoms with E-state index in [1.165, 1.54) is 31.3 Å². The van der Waals surface area contributed by atoms with Crippen molar-refractivity contribution in [3.05, 3.63) is 35.5 Å². The van der Waals surface area contributed by atoms with Gasteiger partial charge in [-0.05, 0) is 86.8 Å². The first-order chi connectivity index (χ1) is 12.8. The van der Waals surface area contributed by atoms with Gasteiger partial charge in [-0.15, -0.1) is 0 Å². The number of esters is 1. The molecule has 0 aromatic heterocycles. The molecule has 0 aromatic rings. The summed E-state index contributed by atoms with van der Waals surface area (Å²) in [6.45, 7) is 4.73. The molecule has 5 aliphatic carbocycles. The van der Waals surface area contributed by atoms with Crippen molar-refractivity contribution in [2.24, 2.45) is 28.1 Å². The SMILES string of the molecule is C[C@]12C=CC(=O)C=C1C1(CC1)CC1C2=CC[C@@]2(C)C1CC[C@@]21CCC(=O)O1. The maximum absolute atomic E-state index is 12.1. The number of rotatable bonds is 0. The predicted octanol–water partition coefficient (Wildman–Crippen LogP) is 4.68. The summed E-state index contributed by atoms with van der Waals surface area (Å²) in [6, 6.07) is 0. The van der Waals surface area contributed by atoms with E-state index in [-0.39, 0.29) is 33.6 Å². The van der Waals surface area contributed by atoms with Crippen LogP contribution in [0.25, 0.3) is 0 Å². The van der Waals surface area contributed by atoms with Crippen molar-refractivity contribution < 1.29 is 14.3 Å². The minimum absolute atomic E-state index is 0.000124. The average Bonchev–Trinajstić information content (AvgIpc) is 3.19. The first kappa shape index (κ1) is 16.3. The summed E-state index contributed by atoms with van der Waals surface area (Å²) < 4.78 is 6.04. The van der Waals surface area contributed by atoms with Gasteiger partial charge in [0.1, 0.15) is 5.60 Å². The van der Waals surface area contributed by atoms with Crippen LogP contribution in [0.3, 0.4) is 0 Å². The summed E-state index contributed by atoms with van der Waals surface area (Å²) in [7, 11) is 0. The fourth-order valence-electron chi connectivity index (χ4n) is 7.84. The van der Waals surface area contributed by atoms with E-state index in [2.05, 4.69) is 26.0 Å². The van der Waals surface area contributed by atoms with E-state index in [1.807, 2.05) is 6.08 Å². The number of ether oxygens (including phenoxy) is 1. The van der Waals surface area contributed by atoms with Crippen LogP contribution in [0, 0.1) is 28.1 Å². The van der Waals surface area contributed by atoms with Gasteiger partial charge >= 0.3 is 5.97 Å². The van der Waals surface area contributed by atoms with Gasteiger partial charge in [0.2, 0.25) is 0 Å². The molecule has 4 fully saturated rings. The summed E-state index contributed by atoms with van der Waals surface area (Å²) >= 11 is 0. The number of carbonyl (C=O) groups excluding carboxylic acids is 2. The molecule has 0 amide bonds. The van der Waals surface area contributed by atoms with E-state index in [1.54, 1.807) is 11.6 Å². The van der Waals surface area contributed by atoms with Crippen molar-refractivity contribution in [2.75, 3.05) is 0 Å². The zero-order chi connectivity index (χ0) is 18.7. The molecule has 5 atom stereocenters. The molecule has 27 heavy (non-hydrogen) atoms. The smallest absolute Gasteiger partial charge is 0.306 e. The highest BCUT2D eigenvalue weighted by Gasteiger charge is 2.68. The Labute approximate surface area is 160 Å². The van der Waals surface area contributed by atoms with Crippen LogP contribution in [-0.4, -0.2) is 17.4 Å². The molecule has 0 aromatic carbocycles. The monoisotopic (exact) mass is 364 g/mol. The standard InChI is InChI=1S/C24H28O3/c1-21-7-3-15(25)13-19(21)23(11-12-23)14-16-17(21)4-8-22(2)18(16)5-9-24(22)10-6-20(26)27-24/h3-4,7,13,16,18H,5-6,8-12,14H2,1-2H3/t16?,18?,21-,22+,24-/m1/s1. The van der Waals surface area contributed by atoms with Gasteiger partial charge in [0.05, 0.1) is 0 Å². The molecule has 0 radical (unpaired) electrons. The van der Waals surface area contributed by atoms with Gasteiger partial charge in [0, 0.05) is 17.3 Å². The Bertz CT molecular complexity index is 872. The average molecular weight is 364 g/mol. The molecule has 2 spiro atoms. The maximum atomic E-state index is 12.1. The highest BCUT2D eigenvalue weighted by Crippen LogP contribution is 2.74. The minimum atomic E-state index is -0.233. The second-order valence-corrected chi connectivity index (χ2v) is 10.5. The third-order valence-electron chi connectivity index (χ3n) is 9.45.